The molecule has 0 bridgehead atoms. The Bertz CT molecular complexity index is 711. The van der Waals surface area contributed by atoms with Crippen LogP contribution in [0.25, 0.3) is 10.9 Å². The van der Waals surface area contributed by atoms with Gasteiger partial charge in [-0.2, -0.15) is 13.2 Å². The van der Waals surface area contributed by atoms with Crippen LogP contribution in [0.2, 0.25) is 0 Å². The average molecular weight is 315 g/mol. The van der Waals surface area contributed by atoms with Crippen molar-refractivity contribution in [3.05, 3.63) is 35.5 Å². The summed E-state index contributed by atoms with van der Waals surface area (Å²) in [6.07, 6.45) is -5.38. The maximum Gasteiger partial charge on any atom is 0.419 e. The monoisotopic (exact) mass is 315 g/mol. The van der Waals surface area contributed by atoms with Crippen LogP contribution in [0.3, 0.4) is 0 Å². The lowest BCUT2D eigenvalue weighted by molar-refractivity contribution is -0.136. The quantitative estimate of drug-likeness (QED) is 0.867. The van der Waals surface area contributed by atoms with Crippen LogP contribution in [0.5, 0.6) is 0 Å². The van der Waals surface area contributed by atoms with Crippen molar-refractivity contribution in [1.82, 2.24) is 4.57 Å². The van der Waals surface area contributed by atoms with Crippen molar-refractivity contribution in [2.45, 2.75) is 39.2 Å². The molecule has 0 unspecified atom stereocenters. The molecule has 0 aliphatic heterocycles. The molecule has 2 rings (SSSR count). The zero-order chi connectivity index (χ0) is 16.7. The number of benzene rings is 1. The number of hydrogen-bond acceptors (Lipinski definition) is 3. The van der Waals surface area contributed by atoms with E-state index in [4.69, 9.17) is 4.74 Å². The maximum atomic E-state index is 13.0. The minimum absolute atomic E-state index is 0.0425. The van der Waals surface area contributed by atoms with Crippen LogP contribution in [-0.2, 0) is 17.5 Å². The number of aliphatic hydroxyl groups is 1. The Morgan fingerprint density at radius 1 is 1.27 bits per heavy atom. The minimum Gasteiger partial charge on any atom is -0.443 e. The number of aliphatic hydroxyl groups excluding tert-OH is 1. The van der Waals surface area contributed by atoms with Gasteiger partial charge in [-0.15, -0.1) is 0 Å². The first-order valence-corrected chi connectivity index (χ1v) is 6.59. The Labute approximate surface area is 125 Å². The molecule has 1 aromatic heterocycles. The summed E-state index contributed by atoms with van der Waals surface area (Å²) in [6, 6.07) is 4.69. The maximum absolute atomic E-state index is 13.0. The third-order valence-electron chi connectivity index (χ3n) is 2.97. The Hall–Kier alpha value is -2.02. The average Bonchev–Trinajstić information content (AvgIpc) is 2.73. The van der Waals surface area contributed by atoms with Crippen molar-refractivity contribution in [3.63, 3.8) is 0 Å². The highest BCUT2D eigenvalue weighted by molar-refractivity contribution is 5.93. The van der Waals surface area contributed by atoms with Crippen molar-refractivity contribution < 1.29 is 27.8 Å². The highest BCUT2D eigenvalue weighted by atomic mass is 19.4. The molecular formula is C15H16F3NO3. The van der Waals surface area contributed by atoms with Gasteiger partial charge in [0.15, 0.2) is 0 Å². The topological polar surface area (TPSA) is 51.5 Å². The molecule has 22 heavy (non-hydrogen) atoms. The number of alkyl halides is 3. The molecule has 1 N–H and O–H groups in total. The molecular weight excluding hydrogens is 299 g/mol. The summed E-state index contributed by atoms with van der Waals surface area (Å²) < 4.78 is 45.3. The molecule has 4 nitrogen and oxygen atoms in total. The van der Waals surface area contributed by atoms with Gasteiger partial charge in [-0.3, -0.25) is 0 Å². The minimum atomic E-state index is -4.55. The second-order valence-electron chi connectivity index (χ2n) is 5.85. The fourth-order valence-corrected chi connectivity index (χ4v) is 2.17. The summed E-state index contributed by atoms with van der Waals surface area (Å²) >= 11 is 0. The number of rotatable bonds is 1. The summed E-state index contributed by atoms with van der Waals surface area (Å²) in [6.45, 7) is 4.37. The van der Waals surface area contributed by atoms with E-state index in [9.17, 15) is 23.1 Å². The SMILES string of the molecule is CC(C)(C)OC(=O)n1c(CO)cc2c(C(F)(F)F)cccc21. The molecule has 0 spiro atoms. The number of fused-ring (bicyclic) bond motifs is 1. The molecule has 0 fully saturated rings. The first-order chi connectivity index (χ1) is 10.0. The molecule has 0 saturated carbocycles. The van der Waals surface area contributed by atoms with E-state index in [0.717, 1.165) is 16.7 Å². The highest BCUT2D eigenvalue weighted by Gasteiger charge is 2.34. The fourth-order valence-electron chi connectivity index (χ4n) is 2.17. The predicted octanol–water partition coefficient (Wildman–Crippen LogP) is 3.94. The molecule has 1 heterocycles. The number of aromatic nitrogens is 1. The van der Waals surface area contributed by atoms with Crippen LogP contribution >= 0.6 is 0 Å². The molecule has 0 aliphatic rings. The zero-order valence-corrected chi connectivity index (χ0v) is 12.4. The van der Waals surface area contributed by atoms with Crippen LogP contribution in [-0.4, -0.2) is 21.4 Å². The lowest BCUT2D eigenvalue weighted by atomic mass is 10.1. The van der Waals surface area contributed by atoms with Gasteiger partial charge in [-0.05, 0) is 39.0 Å². The van der Waals surface area contributed by atoms with E-state index >= 15 is 0 Å². The second-order valence-corrected chi connectivity index (χ2v) is 5.85. The van der Waals surface area contributed by atoms with Crippen LogP contribution in [0.4, 0.5) is 18.0 Å². The Morgan fingerprint density at radius 2 is 1.91 bits per heavy atom. The lowest BCUT2D eigenvalue weighted by Crippen LogP contribution is -2.28. The number of halogens is 3. The molecule has 0 saturated heterocycles. The van der Waals surface area contributed by atoms with E-state index < -0.39 is 30.0 Å². The summed E-state index contributed by atoms with van der Waals surface area (Å²) in [4.78, 5) is 12.2. The van der Waals surface area contributed by atoms with Crippen molar-refractivity contribution in [2.75, 3.05) is 0 Å². The van der Waals surface area contributed by atoms with Gasteiger partial charge < -0.3 is 9.84 Å². The summed E-state index contributed by atoms with van der Waals surface area (Å²) in [5, 5.41) is 9.20. The van der Waals surface area contributed by atoms with Gasteiger partial charge in [0.05, 0.1) is 23.4 Å². The van der Waals surface area contributed by atoms with Gasteiger partial charge in [-0.1, -0.05) is 6.07 Å². The van der Waals surface area contributed by atoms with Crippen LogP contribution in [0, 0.1) is 0 Å². The van der Waals surface area contributed by atoms with Crippen molar-refractivity contribution in [1.29, 1.82) is 0 Å². The summed E-state index contributed by atoms with van der Waals surface area (Å²) in [5.41, 5.74) is -1.57. The number of carbonyl (C=O) groups is 1. The van der Waals surface area contributed by atoms with E-state index in [0.29, 0.717) is 0 Å². The second kappa shape index (κ2) is 5.31. The van der Waals surface area contributed by atoms with Crippen molar-refractivity contribution >= 4 is 17.0 Å². The highest BCUT2D eigenvalue weighted by Crippen LogP contribution is 2.36. The summed E-state index contributed by atoms with van der Waals surface area (Å²) in [7, 11) is 0. The van der Waals surface area contributed by atoms with E-state index in [1.54, 1.807) is 20.8 Å². The predicted molar refractivity (Wildman–Crippen MR) is 74.5 cm³/mol. The lowest BCUT2D eigenvalue weighted by Gasteiger charge is -2.20. The van der Waals surface area contributed by atoms with E-state index in [2.05, 4.69) is 0 Å². The largest absolute Gasteiger partial charge is 0.443 e. The van der Waals surface area contributed by atoms with Crippen LogP contribution < -0.4 is 0 Å². The molecule has 1 aromatic carbocycles. The molecule has 2 aromatic rings. The molecule has 0 amide bonds. The smallest absolute Gasteiger partial charge is 0.419 e. The van der Waals surface area contributed by atoms with Crippen LogP contribution in [0.15, 0.2) is 24.3 Å². The number of nitrogens with zero attached hydrogens (tertiary/aromatic N) is 1. The van der Waals surface area contributed by atoms with Gasteiger partial charge in [0.2, 0.25) is 0 Å². The summed E-state index contributed by atoms with van der Waals surface area (Å²) in [5.74, 6) is 0. The first kappa shape index (κ1) is 16.4. The van der Waals surface area contributed by atoms with Gasteiger partial charge in [-0.25, -0.2) is 9.36 Å². The van der Waals surface area contributed by atoms with E-state index in [1.807, 2.05) is 0 Å². The van der Waals surface area contributed by atoms with Crippen molar-refractivity contribution in [3.8, 4) is 0 Å². The number of hydrogen-bond donors (Lipinski definition) is 1. The first-order valence-electron chi connectivity index (χ1n) is 6.59. The van der Waals surface area contributed by atoms with E-state index in [-0.39, 0.29) is 16.6 Å². The van der Waals surface area contributed by atoms with Crippen molar-refractivity contribution in [2.24, 2.45) is 0 Å². The Kier molecular flexibility index (Phi) is 3.95. The molecule has 0 atom stereocenters. The zero-order valence-electron chi connectivity index (χ0n) is 12.4. The van der Waals surface area contributed by atoms with Gasteiger partial charge in [0.25, 0.3) is 0 Å². The van der Waals surface area contributed by atoms with Gasteiger partial charge >= 0.3 is 12.3 Å². The van der Waals surface area contributed by atoms with Gasteiger partial charge in [0, 0.05) is 5.39 Å². The molecule has 0 aliphatic carbocycles. The fraction of sp³-hybridized carbons (Fsp3) is 0.400. The molecule has 7 heteroatoms. The van der Waals surface area contributed by atoms with Gasteiger partial charge in [0.1, 0.15) is 5.60 Å². The molecule has 0 radical (unpaired) electrons. The normalized spacial score (nSPS) is 12.7. The standard InChI is InChI=1S/C15H16F3NO3/c1-14(2,3)22-13(21)19-9(8-20)7-10-11(15(16,17)18)5-4-6-12(10)19/h4-7,20H,8H2,1-3H3. The number of carbonyl (C=O) groups excluding carboxylic acids is 1. The Morgan fingerprint density at radius 3 is 2.41 bits per heavy atom. The van der Waals surface area contributed by atoms with E-state index in [1.165, 1.54) is 12.1 Å². The Balaban J connectivity index is 2.67. The third-order valence-corrected chi connectivity index (χ3v) is 2.97. The van der Waals surface area contributed by atoms with Crippen LogP contribution in [0.1, 0.15) is 32.0 Å². The molecule has 120 valence electrons. The number of ether oxygens (including phenoxy) is 1. The third kappa shape index (κ3) is 3.09.